The topological polar surface area (TPSA) is 75.3 Å². The van der Waals surface area contributed by atoms with Crippen LogP contribution in [0.2, 0.25) is 0 Å². The standard InChI is InChI=1S/C14H13BrN2O2/c1-8-5-6-9(7-11(8)15)17-12-4-2-3-10(13(12)16)14(18)19/h2-7,17H,16H2,1H3,(H,18,19). The second kappa shape index (κ2) is 5.32. The fraction of sp³-hybridized carbons (Fsp3) is 0.0714. The Morgan fingerprint density at radius 3 is 2.68 bits per heavy atom. The normalized spacial score (nSPS) is 10.2. The molecule has 0 unspecified atom stereocenters. The molecule has 0 fully saturated rings. The van der Waals surface area contributed by atoms with Crippen LogP contribution in [0, 0.1) is 6.92 Å². The molecule has 0 heterocycles. The number of benzene rings is 2. The van der Waals surface area contributed by atoms with Gasteiger partial charge in [0.2, 0.25) is 0 Å². The van der Waals surface area contributed by atoms with E-state index in [-0.39, 0.29) is 11.3 Å². The van der Waals surface area contributed by atoms with E-state index in [4.69, 9.17) is 10.8 Å². The van der Waals surface area contributed by atoms with Gasteiger partial charge in [-0.15, -0.1) is 0 Å². The molecule has 0 spiro atoms. The number of carboxylic acid groups (broad SMARTS) is 1. The Balaban J connectivity index is 2.35. The first kappa shape index (κ1) is 13.4. The Kier molecular flexibility index (Phi) is 3.76. The third kappa shape index (κ3) is 2.88. The quantitative estimate of drug-likeness (QED) is 0.752. The van der Waals surface area contributed by atoms with E-state index in [1.54, 1.807) is 12.1 Å². The van der Waals surface area contributed by atoms with Crippen molar-refractivity contribution in [3.05, 3.63) is 52.0 Å². The van der Waals surface area contributed by atoms with Gasteiger partial charge in [0.15, 0.2) is 0 Å². The number of nitrogens with two attached hydrogens (primary N) is 1. The van der Waals surface area contributed by atoms with Gasteiger partial charge in [0.25, 0.3) is 0 Å². The monoisotopic (exact) mass is 320 g/mol. The summed E-state index contributed by atoms with van der Waals surface area (Å²) in [6, 6.07) is 10.7. The van der Waals surface area contributed by atoms with E-state index in [1.807, 2.05) is 25.1 Å². The van der Waals surface area contributed by atoms with Gasteiger partial charge in [-0.3, -0.25) is 0 Å². The van der Waals surface area contributed by atoms with Crippen LogP contribution in [0.3, 0.4) is 0 Å². The third-order valence-corrected chi connectivity index (χ3v) is 3.64. The molecule has 0 saturated carbocycles. The summed E-state index contributed by atoms with van der Waals surface area (Å²) in [6.45, 7) is 1.99. The molecule has 0 aliphatic carbocycles. The van der Waals surface area contributed by atoms with Crippen molar-refractivity contribution in [3.63, 3.8) is 0 Å². The molecule has 19 heavy (non-hydrogen) atoms. The van der Waals surface area contributed by atoms with Crippen LogP contribution in [0.15, 0.2) is 40.9 Å². The van der Waals surface area contributed by atoms with Crippen LogP contribution in [0.1, 0.15) is 15.9 Å². The number of hydrogen-bond donors (Lipinski definition) is 3. The molecule has 98 valence electrons. The van der Waals surface area contributed by atoms with Crippen molar-refractivity contribution in [3.8, 4) is 0 Å². The summed E-state index contributed by atoms with van der Waals surface area (Å²) in [4.78, 5) is 11.0. The zero-order valence-electron chi connectivity index (χ0n) is 10.3. The number of anilines is 3. The van der Waals surface area contributed by atoms with Crippen LogP contribution in [0.5, 0.6) is 0 Å². The van der Waals surface area contributed by atoms with Gasteiger partial charge in [0, 0.05) is 10.2 Å². The molecule has 0 saturated heterocycles. The Morgan fingerprint density at radius 1 is 1.32 bits per heavy atom. The van der Waals surface area contributed by atoms with E-state index in [0.717, 1.165) is 15.7 Å². The number of nitrogen functional groups attached to an aromatic ring is 1. The third-order valence-electron chi connectivity index (χ3n) is 2.79. The highest BCUT2D eigenvalue weighted by atomic mass is 79.9. The maximum absolute atomic E-state index is 11.0. The van der Waals surface area contributed by atoms with Crippen LogP contribution >= 0.6 is 15.9 Å². The molecule has 5 heteroatoms. The van der Waals surface area contributed by atoms with Gasteiger partial charge in [0.1, 0.15) is 0 Å². The second-order valence-corrected chi connectivity index (χ2v) is 5.02. The number of aromatic carboxylic acids is 1. The molecular formula is C14H13BrN2O2. The Bertz CT molecular complexity index is 641. The molecule has 0 aromatic heterocycles. The van der Waals surface area contributed by atoms with Gasteiger partial charge in [0.05, 0.1) is 16.9 Å². The Morgan fingerprint density at radius 2 is 2.05 bits per heavy atom. The van der Waals surface area contributed by atoms with Crippen LogP contribution in [0.25, 0.3) is 0 Å². The van der Waals surface area contributed by atoms with Gasteiger partial charge in [-0.25, -0.2) is 4.79 Å². The minimum absolute atomic E-state index is 0.0937. The average molecular weight is 321 g/mol. The lowest BCUT2D eigenvalue weighted by atomic mass is 10.1. The lowest BCUT2D eigenvalue weighted by Gasteiger charge is -2.12. The highest BCUT2D eigenvalue weighted by Gasteiger charge is 2.11. The molecule has 4 N–H and O–H groups in total. The van der Waals surface area contributed by atoms with Crippen LogP contribution < -0.4 is 11.1 Å². The van der Waals surface area contributed by atoms with Gasteiger partial charge in [-0.05, 0) is 36.8 Å². The molecule has 0 aliphatic rings. The number of para-hydroxylation sites is 1. The second-order valence-electron chi connectivity index (χ2n) is 4.16. The first-order chi connectivity index (χ1) is 8.99. The number of aryl methyl sites for hydroxylation is 1. The summed E-state index contributed by atoms with van der Waals surface area (Å²) in [5.74, 6) is -1.04. The minimum atomic E-state index is -1.04. The summed E-state index contributed by atoms with van der Waals surface area (Å²) in [6.07, 6.45) is 0. The van der Waals surface area contributed by atoms with Crippen LogP contribution in [-0.2, 0) is 0 Å². The summed E-state index contributed by atoms with van der Waals surface area (Å²) in [7, 11) is 0. The van der Waals surface area contributed by atoms with E-state index < -0.39 is 5.97 Å². The number of halogens is 1. The molecule has 0 aliphatic heterocycles. The van der Waals surface area contributed by atoms with Crippen molar-refractivity contribution < 1.29 is 9.90 Å². The Hall–Kier alpha value is -2.01. The number of carbonyl (C=O) groups is 1. The summed E-state index contributed by atoms with van der Waals surface area (Å²) in [5, 5.41) is 12.1. The first-order valence-corrected chi connectivity index (χ1v) is 6.43. The number of hydrogen-bond acceptors (Lipinski definition) is 3. The average Bonchev–Trinajstić information content (AvgIpc) is 2.36. The SMILES string of the molecule is Cc1ccc(Nc2cccc(C(=O)O)c2N)cc1Br. The zero-order chi connectivity index (χ0) is 14.0. The van der Waals surface area contributed by atoms with Crippen molar-refractivity contribution in [2.24, 2.45) is 0 Å². The van der Waals surface area contributed by atoms with E-state index in [2.05, 4.69) is 21.2 Å². The summed E-state index contributed by atoms with van der Waals surface area (Å²) < 4.78 is 0.977. The van der Waals surface area contributed by atoms with Crippen molar-refractivity contribution in [2.45, 2.75) is 6.92 Å². The van der Waals surface area contributed by atoms with Crippen molar-refractivity contribution in [1.82, 2.24) is 0 Å². The smallest absolute Gasteiger partial charge is 0.337 e. The van der Waals surface area contributed by atoms with Gasteiger partial charge >= 0.3 is 5.97 Å². The maximum Gasteiger partial charge on any atom is 0.337 e. The molecule has 4 nitrogen and oxygen atoms in total. The lowest BCUT2D eigenvalue weighted by molar-refractivity contribution is 0.0698. The molecular weight excluding hydrogens is 308 g/mol. The van der Waals surface area contributed by atoms with E-state index in [9.17, 15) is 4.79 Å². The van der Waals surface area contributed by atoms with Crippen molar-refractivity contribution in [2.75, 3.05) is 11.1 Å². The zero-order valence-corrected chi connectivity index (χ0v) is 11.9. The molecule has 0 radical (unpaired) electrons. The number of carboxylic acids is 1. The molecule has 0 bridgehead atoms. The molecule has 2 rings (SSSR count). The summed E-state index contributed by atoms with van der Waals surface area (Å²) in [5.41, 5.74) is 8.71. The largest absolute Gasteiger partial charge is 0.478 e. The molecule has 0 amide bonds. The highest BCUT2D eigenvalue weighted by Crippen LogP contribution is 2.28. The van der Waals surface area contributed by atoms with Gasteiger partial charge in [-0.2, -0.15) is 0 Å². The van der Waals surface area contributed by atoms with Gasteiger partial charge in [-0.1, -0.05) is 28.1 Å². The molecule has 2 aromatic carbocycles. The van der Waals surface area contributed by atoms with Crippen LogP contribution in [0.4, 0.5) is 17.1 Å². The van der Waals surface area contributed by atoms with Crippen LogP contribution in [-0.4, -0.2) is 11.1 Å². The predicted octanol–water partition coefficient (Wildman–Crippen LogP) is 3.78. The molecule has 0 atom stereocenters. The van der Waals surface area contributed by atoms with Gasteiger partial charge < -0.3 is 16.2 Å². The summed E-state index contributed by atoms with van der Waals surface area (Å²) >= 11 is 3.45. The fourth-order valence-electron chi connectivity index (χ4n) is 1.69. The number of rotatable bonds is 3. The fourth-order valence-corrected chi connectivity index (χ4v) is 2.07. The predicted molar refractivity (Wildman–Crippen MR) is 80.0 cm³/mol. The minimum Gasteiger partial charge on any atom is -0.478 e. The lowest BCUT2D eigenvalue weighted by Crippen LogP contribution is -2.05. The van der Waals surface area contributed by atoms with Crippen molar-refractivity contribution >= 4 is 39.0 Å². The first-order valence-electron chi connectivity index (χ1n) is 5.64. The molecule has 2 aromatic rings. The van der Waals surface area contributed by atoms with Crippen molar-refractivity contribution in [1.29, 1.82) is 0 Å². The van der Waals surface area contributed by atoms with E-state index in [1.165, 1.54) is 6.07 Å². The number of nitrogens with one attached hydrogen (secondary N) is 1. The van der Waals surface area contributed by atoms with E-state index in [0.29, 0.717) is 5.69 Å². The highest BCUT2D eigenvalue weighted by molar-refractivity contribution is 9.10. The maximum atomic E-state index is 11.0. The Labute approximate surface area is 119 Å². The van der Waals surface area contributed by atoms with E-state index >= 15 is 0 Å².